The van der Waals surface area contributed by atoms with E-state index < -0.39 is 29.0 Å². The van der Waals surface area contributed by atoms with Gasteiger partial charge in [0.15, 0.2) is 0 Å². The Balaban J connectivity index is 1.96. The van der Waals surface area contributed by atoms with E-state index in [1.54, 1.807) is 4.90 Å². The van der Waals surface area contributed by atoms with E-state index in [1.807, 2.05) is 0 Å². The number of anilines is 1. The number of carboxylic acid groups (broad SMARTS) is 1. The lowest BCUT2D eigenvalue weighted by molar-refractivity contribution is -0.384. The summed E-state index contributed by atoms with van der Waals surface area (Å²) in [7, 11) is 0. The first-order chi connectivity index (χ1) is 12.3. The molecule has 2 saturated heterocycles. The standard InChI is InChI=1S/C16H18FN3O6/c17-16(15(22)23)4-5-19(10-16)14(21)11-2-1-3-12(20(24)25)13(11)18-6-8-26-9-7-18/h1-3H,4-10H2,(H,22,23). The number of carbonyl (C=O) groups is 2. The summed E-state index contributed by atoms with van der Waals surface area (Å²) < 4.78 is 19.5. The van der Waals surface area contributed by atoms with Crippen LogP contribution in [0.15, 0.2) is 18.2 Å². The van der Waals surface area contributed by atoms with Crippen LogP contribution in [0.1, 0.15) is 16.8 Å². The van der Waals surface area contributed by atoms with Crippen LogP contribution in [0.2, 0.25) is 0 Å². The number of nitro groups is 1. The van der Waals surface area contributed by atoms with Crippen molar-refractivity contribution < 1.29 is 28.7 Å². The Kier molecular flexibility index (Phi) is 4.77. The van der Waals surface area contributed by atoms with Crippen molar-refractivity contribution in [3.05, 3.63) is 33.9 Å². The van der Waals surface area contributed by atoms with Gasteiger partial charge < -0.3 is 19.6 Å². The first kappa shape index (κ1) is 18.1. The number of nitrogens with zero attached hydrogens (tertiary/aromatic N) is 3. The van der Waals surface area contributed by atoms with Crippen molar-refractivity contribution in [2.75, 3.05) is 44.3 Å². The third kappa shape index (κ3) is 3.19. The van der Waals surface area contributed by atoms with E-state index in [-0.39, 0.29) is 29.9 Å². The lowest BCUT2D eigenvalue weighted by atomic mass is 10.1. The number of halogens is 1. The normalized spacial score (nSPS) is 23.1. The number of aliphatic carboxylic acids is 1. The number of hydrogen-bond donors (Lipinski definition) is 1. The second kappa shape index (κ2) is 6.87. The van der Waals surface area contributed by atoms with Gasteiger partial charge in [-0.3, -0.25) is 14.9 Å². The molecule has 0 aliphatic carbocycles. The minimum absolute atomic E-state index is 0.0626. The van der Waals surface area contributed by atoms with Crippen LogP contribution < -0.4 is 4.90 Å². The summed E-state index contributed by atoms with van der Waals surface area (Å²) in [4.78, 5) is 37.6. The molecule has 2 aliphatic heterocycles. The Labute approximate surface area is 148 Å². The Morgan fingerprint density at radius 1 is 1.27 bits per heavy atom. The number of para-hydroxylation sites is 1. The van der Waals surface area contributed by atoms with Gasteiger partial charge in [0.25, 0.3) is 11.6 Å². The molecule has 2 heterocycles. The van der Waals surface area contributed by atoms with Gasteiger partial charge in [-0.1, -0.05) is 6.07 Å². The van der Waals surface area contributed by atoms with Gasteiger partial charge in [0.05, 0.1) is 30.2 Å². The predicted octanol–water partition coefficient (Wildman–Crippen LogP) is 1.07. The van der Waals surface area contributed by atoms with Crippen molar-refractivity contribution >= 4 is 23.3 Å². The Hall–Kier alpha value is -2.75. The summed E-state index contributed by atoms with van der Waals surface area (Å²) in [5.74, 6) is -2.23. The van der Waals surface area contributed by atoms with Crippen molar-refractivity contribution in [1.29, 1.82) is 0 Å². The zero-order valence-electron chi connectivity index (χ0n) is 13.9. The van der Waals surface area contributed by atoms with E-state index in [1.165, 1.54) is 18.2 Å². The molecule has 1 aromatic carbocycles. The fraction of sp³-hybridized carbons (Fsp3) is 0.500. The predicted molar refractivity (Wildman–Crippen MR) is 88.1 cm³/mol. The van der Waals surface area contributed by atoms with Crippen molar-refractivity contribution in [2.45, 2.75) is 12.1 Å². The molecule has 1 unspecified atom stereocenters. The summed E-state index contributed by atoms with van der Waals surface area (Å²) in [6, 6.07) is 4.15. The average Bonchev–Trinajstić information content (AvgIpc) is 3.05. The van der Waals surface area contributed by atoms with Crippen LogP contribution in [0.5, 0.6) is 0 Å². The van der Waals surface area contributed by atoms with Crippen LogP contribution in [0, 0.1) is 10.1 Å². The third-order valence-electron chi connectivity index (χ3n) is 4.66. The minimum Gasteiger partial charge on any atom is -0.479 e. The lowest BCUT2D eigenvalue weighted by Gasteiger charge is -2.30. The van der Waals surface area contributed by atoms with Crippen LogP contribution in [0.3, 0.4) is 0 Å². The molecule has 1 atom stereocenters. The Morgan fingerprint density at radius 2 is 1.96 bits per heavy atom. The van der Waals surface area contributed by atoms with Crippen LogP contribution >= 0.6 is 0 Å². The minimum atomic E-state index is -2.49. The van der Waals surface area contributed by atoms with Crippen LogP contribution in [-0.2, 0) is 9.53 Å². The highest BCUT2D eigenvalue weighted by molar-refractivity contribution is 6.02. The zero-order valence-corrected chi connectivity index (χ0v) is 13.9. The summed E-state index contributed by atoms with van der Waals surface area (Å²) >= 11 is 0. The lowest BCUT2D eigenvalue weighted by Crippen LogP contribution is -2.40. The molecule has 9 nitrogen and oxygen atoms in total. The number of ether oxygens (including phenoxy) is 1. The van der Waals surface area contributed by atoms with Gasteiger partial charge in [-0.15, -0.1) is 0 Å². The summed E-state index contributed by atoms with van der Waals surface area (Å²) in [5.41, 5.74) is -2.48. The third-order valence-corrected chi connectivity index (χ3v) is 4.66. The van der Waals surface area contributed by atoms with E-state index in [9.17, 15) is 24.1 Å². The summed E-state index contributed by atoms with van der Waals surface area (Å²) in [6.45, 7) is 0.867. The number of likely N-dealkylation sites (tertiary alicyclic amines) is 1. The van der Waals surface area contributed by atoms with Crippen LogP contribution in [0.25, 0.3) is 0 Å². The van der Waals surface area contributed by atoms with Crippen LogP contribution in [0.4, 0.5) is 15.8 Å². The molecule has 3 rings (SSSR count). The maximum atomic E-state index is 14.3. The van der Waals surface area contributed by atoms with Gasteiger partial charge in [-0.2, -0.15) is 0 Å². The first-order valence-corrected chi connectivity index (χ1v) is 8.15. The fourth-order valence-corrected chi connectivity index (χ4v) is 3.26. The monoisotopic (exact) mass is 367 g/mol. The molecule has 1 amide bonds. The number of carboxylic acids is 1. The van der Waals surface area contributed by atoms with Gasteiger partial charge in [0.1, 0.15) is 5.69 Å². The highest BCUT2D eigenvalue weighted by Gasteiger charge is 2.47. The SMILES string of the molecule is O=C(c1cccc([N+](=O)[O-])c1N1CCOCC1)N1CCC(F)(C(=O)O)C1. The number of alkyl halides is 1. The van der Waals surface area contributed by atoms with Gasteiger partial charge in [-0.05, 0) is 6.07 Å². The second-order valence-electron chi connectivity index (χ2n) is 6.28. The number of rotatable bonds is 4. The maximum Gasteiger partial charge on any atom is 0.343 e. The van der Waals surface area contributed by atoms with Gasteiger partial charge in [-0.25, -0.2) is 9.18 Å². The van der Waals surface area contributed by atoms with Gasteiger partial charge >= 0.3 is 5.97 Å². The average molecular weight is 367 g/mol. The molecular formula is C16H18FN3O6. The molecule has 2 aliphatic rings. The molecule has 1 N–H and O–H groups in total. The molecule has 0 spiro atoms. The Morgan fingerprint density at radius 3 is 2.54 bits per heavy atom. The summed E-state index contributed by atoms with van der Waals surface area (Å²) in [6.07, 6.45) is -0.310. The highest BCUT2D eigenvalue weighted by Crippen LogP contribution is 2.35. The molecule has 0 aromatic heterocycles. The van der Waals surface area contributed by atoms with E-state index in [0.717, 1.165) is 4.90 Å². The van der Waals surface area contributed by atoms with E-state index in [0.29, 0.717) is 26.3 Å². The first-order valence-electron chi connectivity index (χ1n) is 8.15. The molecular weight excluding hydrogens is 349 g/mol. The smallest absolute Gasteiger partial charge is 0.343 e. The Bertz CT molecular complexity index is 752. The quantitative estimate of drug-likeness (QED) is 0.625. The maximum absolute atomic E-state index is 14.3. The van der Waals surface area contributed by atoms with Crippen molar-refractivity contribution in [3.8, 4) is 0 Å². The van der Waals surface area contributed by atoms with E-state index in [2.05, 4.69) is 0 Å². The molecule has 0 bridgehead atoms. The second-order valence-corrected chi connectivity index (χ2v) is 6.28. The molecule has 26 heavy (non-hydrogen) atoms. The molecule has 2 fully saturated rings. The topological polar surface area (TPSA) is 113 Å². The van der Waals surface area contributed by atoms with Gasteiger partial charge in [0, 0.05) is 32.1 Å². The van der Waals surface area contributed by atoms with Crippen LogP contribution in [-0.4, -0.2) is 71.9 Å². The molecule has 140 valence electrons. The van der Waals surface area contributed by atoms with Crippen molar-refractivity contribution in [3.63, 3.8) is 0 Å². The summed E-state index contributed by atoms with van der Waals surface area (Å²) in [5, 5.41) is 20.4. The molecule has 0 saturated carbocycles. The van der Waals surface area contributed by atoms with Gasteiger partial charge in [0.2, 0.25) is 5.67 Å². The fourth-order valence-electron chi connectivity index (χ4n) is 3.26. The zero-order chi connectivity index (χ0) is 18.9. The molecule has 1 aromatic rings. The van der Waals surface area contributed by atoms with Crippen molar-refractivity contribution in [1.82, 2.24) is 4.90 Å². The largest absolute Gasteiger partial charge is 0.479 e. The van der Waals surface area contributed by atoms with Crippen molar-refractivity contribution in [2.24, 2.45) is 0 Å². The molecule has 10 heteroatoms. The van der Waals surface area contributed by atoms with E-state index >= 15 is 0 Å². The number of morpholine rings is 1. The molecule has 0 radical (unpaired) electrons. The number of nitro benzene ring substituents is 1. The number of carbonyl (C=O) groups excluding carboxylic acids is 1. The van der Waals surface area contributed by atoms with E-state index in [4.69, 9.17) is 9.84 Å². The number of hydrogen-bond acceptors (Lipinski definition) is 6. The number of benzene rings is 1. The number of amides is 1. The highest BCUT2D eigenvalue weighted by atomic mass is 19.1.